The summed E-state index contributed by atoms with van der Waals surface area (Å²) < 4.78 is 14.9. The molecule has 148 valence electrons. The van der Waals surface area contributed by atoms with Gasteiger partial charge in [-0.2, -0.15) is 11.8 Å². The molecule has 0 aliphatic heterocycles. The molecule has 0 heterocycles. The van der Waals surface area contributed by atoms with E-state index in [1.807, 2.05) is 13.2 Å². The predicted molar refractivity (Wildman–Crippen MR) is 98.4 cm³/mol. The van der Waals surface area contributed by atoms with Gasteiger partial charge in [0.1, 0.15) is 0 Å². The second-order valence-corrected chi connectivity index (χ2v) is 6.73. The summed E-state index contributed by atoms with van der Waals surface area (Å²) in [6.45, 7) is 6.10. The van der Waals surface area contributed by atoms with Crippen molar-refractivity contribution in [2.24, 2.45) is 5.92 Å². The van der Waals surface area contributed by atoms with Gasteiger partial charge in [0.25, 0.3) is 0 Å². The number of carbonyl (C=O) groups is 4. The molecule has 0 rings (SSSR count). The van der Waals surface area contributed by atoms with Gasteiger partial charge in [-0.15, -0.1) is 0 Å². The highest BCUT2D eigenvalue weighted by atomic mass is 32.2. The third kappa shape index (κ3) is 8.51. The molecule has 0 radical (unpaired) electrons. The molecule has 0 N–H and O–H groups in total. The lowest BCUT2D eigenvalue weighted by molar-refractivity contribution is -0.175. The first-order valence-corrected chi connectivity index (χ1v) is 9.82. The molecule has 26 heavy (non-hydrogen) atoms. The molecule has 0 aliphatic carbocycles. The van der Waals surface area contributed by atoms with Crippen LogP contribution in [0.25, 0.3) is 0 Å². The Balaban J connectivity index is 4.56. The molecule has 0 aromatic rings. The van der Waals surface area contributed by atoms with E-state index < -0.39 is 36.7 Å². The van der Waals surface area contributed by atoms with Crippen molar-refractivity contribution in [1.82, 2.24) is 0 Å². The van der Waals surface area contributed by atoms with Gasteiger partial charge in [0, 0.05) is 11.3 Å². The highest BCUT2D eigenvalue weighted by Gasteiger charge is 2.33. The smallest absolute Gasteiger partial charge is 0.334 e. The number of thioether (sulfide) groups is 1. The average Bonchev–Trinajstić information content (AvgIpc) is 2.60. The molecule has 0 aromatic carbocycles. The van der Waals surface area contributed by atoms with E-state index in [0.29, 0.717) is 30.5 Å². The number of rotatable bonds is 12. The minimum Gasteiger partial charge on any atom is -0.448 e. The number of allylic oxidation sites excluding steroid dienone is 1. The summed E-state index contributed by atoms with van der Waals surface area (Å²) in [5.41, 5.74) is -1.24. The van der Waals surface area contributed by atoms with E-state index in [4.69, 9.17) is 14.2 Å². The minimum absolute atomic E-state index is 0.266. The summed E-state index contributed by atoms with van der Waals surface area (Å²) in [5.74, 6) is -1.56. The fourth-order valence-corrected chi connectivity index (χ4v) is 2.78. The fraction of sp³-hybridized carbons (Fsp3) is 0.667. The number of esters is 3. The van der Waals surface area contributed by atoms with Crippen molar-refractivity contribution < 1.29 is 33.4 Å². The van der Waals surface area contributed by atoms with Gasteiger partial charge in [-0.3, -0.25) is 14.4 Å². The quantitative estimate of drug-likeness (QED) is 0.218. The molecule has 0 fully saturated rings. The fourth-order valence-electron chi connectivity index (χ4n) is 2.01. The van der Waals surface area contributed by atoms with Crippen LogP contribution < -0.4 is 0 Å². The Morgan fingerprint density at radius 3 is 2.31 bits per heavy atom. The SMILES string of the molecule is C/C=C(\CC)C(=O)OC(C)(C=O)CC(=O)OCOC(=O)C(CC)CSC. The third-order valence-corrected chi connectivity index (χ3v) is 4.41. The molecule has 7 nitrogen and oxygen atoms in total. The van der Waals surface area contributed by atoms with Gasteiger partial charge in [0.05, 0.1) is 12.3 Å². The van der Waals surface area contributed by atoms with E-state index in [-0.39, 0.29) is 5.92 Å². The van der Waals surface area contributed by atoms with Crippen molar-refractivity contribution in [3.63, 3.8) is 0 Å². The van der Waals surface area contributed by atoms with Crippen molar-refractivity contribution >= 4 is 36.0 Å². The van der Waals surface area contributed by atoms with Crippen LogP contribution in [-0.2, 0) is 33.4 Å². The maximum absolute atomic E-state index is 12.0. The summed E-state index contributed by atoms with van der Waals surface area (Å²) >= 11 is 1.52. The van der Waals surface area contributed by atoms with Gasteiger partial charge in [0.15, 0.2) is 11.9 Å². The van der Waals surface area contributed by atoms with Crippen LogP contribution in [0, 0.1) is 5.92 Å². The van der Waals surface area contributed by atoms with Gasteiger partial charge < -0.3 is 14.2 Å². The molecule has 2 unspecified atom stereocenters. The molecule has 0 bridgehead atoms. The summed E-state index contributed by atoms with van der Waals surface area (Å²) in [6.07, 6.45) is 4.45. The first-order valence-electron chi connectivity index (χ1n) is 8.42. The van der Waals surface area contributed by atoms with Crippen LogP contribution in [-0.4, -0.2) is 48.6 Å². The summed E-state index contributed by atoms with van der Waals surface area (Å²) in [6, 6.07) is 0. The molecular weight excluding hydrogens is 360 g/mol. The van der Waals surface area contributed by atoms with Crippen LogP contribution in [0.2, 0.25) is 0 Å². The van der Waals surface area contributed by atoms with Crippen LogP contribution in [0.15, 0.2) is 11.6 Å². The molecule has 8 heteroatoms. The zero-order chi connectivity index (χ0) is 20.2. The van der Waals surface area contributed by atoms with Gasteiger partial charge >= 0.3 is 17.9 Å². The van der Waals surface area contributed by atoms with Crippen LogP contribution in [0.3, 0.4) is 0 Å². The molecule has 0 aromatic heterocycles. The van der Waals surface area contributed by atoms with Gasteiger partial charge in [0.2, 0.25) is 6.79 Å². The second kappa shape index (κ2) is 12.5. The zero-order valence-corrected chi connectivity index (χ0v) is 16.9. The number of ether oxygens (including phenoxy) is 3. The minimum atomic E-state index is -1.65. The van der Waals surface area contributed by atoms with Crippen LogP contribution >= 0.6 is 11.8 Å². The Hall–Kier alpha value is -1.83. The van der Waals surface area contributed by atoms with Gasteiger partial charge in [-0.25, -0.2) is 4.79 Å². The Morgan fingerprint density at radius 2 is 1.85 bits per heavy atom. The van der Waals surface area contributed by atoms with E-state index in [1.165, 1.54) is 18.7 Å². The van der Waals surface area contributed by atoms with E-state index in [0.717, 1.165) is 0 Å². The number of carbonyl (C=O) groups excluding carboxylic acids is 4. The molecule has 0 spiro atoms. The summed E-state index contributed by atoms with van der Waals surface area (Å²) in [5, 5.41) is 0. The predicted octanol–water partition coefficient (Wildman–Crippen LogP) is 2.67. The van der Waals surface area contributed by atoms with Crippen molar-refractivity contribution in [1.29, 1.82) is 0 Å². The number of hydrogen-bond acceptors (Lipinski definition) is 8. The van der Waals surface area contributed by atoms with E-state index in [9.17, 15) is 19.2 Å². The molecule has 0 aliphatic rings. The first kappa shape index (κ1) is 24.2. The topological polar surface area (TPSA) is 96.0 Å². The molecule has 0 saturated heterocycles. The Bertz CT molecular complexity index is 530. The van der Waals surface area contributed by atoms with Crippen molar-refractivity contribution in [2.75, 3.05) is 18.8 Å². The van der Waals surface area contributed by atoms with E-state index in [1.54, 1.807) is 19.9 Å². The van der Waals surface area contributed by atoms with Crippen molar-refractivity contribution in [2.45, 2.75) is 52.6 Å². The lowest BCUT2D eigenvalue weighted by Gasteiger charge is -2.23. The number of aldehydes is 1. The third-order valence-electron chi connectivity index (χ3n) is 3.68. The Labute approximate surface area is 158 Å². The monoisotopic (exact) mass is 388 g/mol. The first-order chi connectivity index (χ1) is 12.3. The van der Waals surface area contributed by atoms with Crippen LogP contribution in [0.1, 0.15) is 47.0 Å². The number of hydrogen-bond donors (Lipinski definition) is 0. The lowest BCUT2D eigenvalue weighted by Crippen LogP contribution is -2.37. The Morgan fingerprint density at radius 1 is 1.19 bits per heavy atom. The van der Waals surface area contributed by atoms with E-state index in [2.05, 4.69) is 0 Å². The van der Waals surface area contributed by atoms with Crippen LogP contribution in [0.5, 0.6) is 0 Å². The normalized spacial score (nSPS) is 14.7. The maximum atomic E-state index is 12.0. The van der Waals surface area contributed by atoms with Gasteiger partial charge in [-0.1, -0.05) is 19.9 Å². The van der Waals surface area contributed by atoms with Crippen molar-refractivity contribution in [3.05, 3.63) is 11.6 Å². The van der Waals surface area contributed by atoms with E-state index >= 15 is 0 Å². The van der Waals surface area contributed by atoms with Gasteiger partial charge in [-0.05, 0) is 32.9 Å². The second-order valence-electron chi connectivity index (χ2n) is 5.82. The average molecular weight is 388 g/mol. The summed E-state index contributed by atoms with van der Waals surface area (Å²) in [4.78, 5) is 46.9. The molecule has 0 saturated carbocycles. The van der Waals surface area contributed by atoms with Crippen molar-refractivity contribution in [3.8, 4) is 0 Å². The lowest BCUT2D eigenvalue weighted by atomic mass is 10.0. The molecular formula is C18H28O7S. The molecule has 0 amide bonds. The van der Waals surface area contributed by atoms with Crippen LogP contribution in [0.4, 0.5) is 0 Å². The standard InChI is InChI=1S/C18H28O7S/c1-6-13(7-2)17(22)25-18(4,11-19)9-15(20)23-12-24-16(21)14(8-3)10-26-5/h6,11,14H,7-10,12H2,1-5H3/b13-6+. The maximum Gasteiger partial charge on any atom is 0.334 e. The highest BCUT2D eigenvalue weighted by molar-refractivity contribution is 7.98. The Kier molecular flexibility index (Phi) is 11.6. The highest BCUT2D eigenvalue weighted by Crippen LogP contribution is 2.18. The zero-order valence-electron chi connectivity index (χ0n) is 16.0. The molecule has 2 atom stereocenters. The summed E-state index contributed by atoms with van der Waals surface area (Å²) in [7, 11) is 0. The largest absolute Gasteiger partial charge is 0.448 e.